The van der Waals surface area contributed by atoms with E-state index >= 15 is 0 Å². The highest BCUT2D eigenvalue weighted by Crippen LogP contribution is 2.25. The third-order valence-electron chi connectivity index (χ3n) is 5.70. The number of hydrogen-bond acceptors (Lipinski definition) is 5. The quantitative estimate of drug-likeness (QED) is 0.799. The van der Waals surface area contributed by atoms with Crippen LogP contribution in [-0.4, -0.2) is 68.5 Å². The molecule has 0 spiro atoms. The van der Waals surface area contributed by atoms with Crippen molar-refractivity contribution in [1.29, 1.82) is 0 Å². The van der Waals surface area contributed by atoms with Gasteiger partial charge in [-0.3, -0.25) is 9.67 Å². The van der Waals surface area contributed by atoms with E-state index in [4.69, 9.17) is 9.73 Å². The van der Waals surface area contributed by atoms with Gasteiger partial charge in [0.25, 0.3) is 0 Å². The molecule has 8 nitrogen and oxygen atoms in total. The minimum Gasteiger partial charge on any atom is -0.444 e. The van der Waals surface area contributed by atoms with Crippen molar-refractivity contribution < 1.29 is 11.0 Å². The number of fused-ring (bicyclic) bond motifs is 1. The maximum absolute atomic E-state index is 12.6. The highest BCUT2D eigenvalue weighted by atomic mass is 16.6. The van der Waals surface area contributed by atoms with Crippen LogP contribution in [0.5, 0.6) is 0 Å². The zero-order chi connectivity index (χ0) is 22.3. The Kier molecular flexibility index (Phi) is 5.41. The number of aryl methyl sites for hydroxylation is 1. The molecule has 2 aliphatic rings. The maximum Gasteiger partial charge on any atom is 0.410 e. The van der Waals surface area contributed by atoms with Crippen LogP contribution in [0.3, 0.4) is 0 Å². The Hall–Kier alpha value is -3.03. The van der Waals surface area contributed by atoms with Gasteiger partial charge < -0.3 is 19.5 Å². The number of carbonyl (C=O) groups excluding carboxylic acids is 1. The highest BCUT2D eigenvalue weighted by Gasteiger charge is 2.32. The largest absolute Gasteiger partial charge is 0.444 e. The van der Waals surface area contributed by atoms with E-state index in [2.05, 4.69) is 34.9 Å². The number of nitrogens with one attached hydrogen (secondary N) is 1. The van der Waals surface area contributed by atoms with Gasteiger partial charge in [-0.2, -0.15) is 5.10 Å². The zero-order valence-corrected chi connectivity index (χ0v) is 19.3. The number of H-pyrrole nitrogens is 1. The van der Waals surface area contributed by atoms with Crippen LogP contribution in [0.25, 0.3) is 16.8 Å². The summed E-state index contributed by atoms with van der Waals surface area (Å²) >= 11 is 0. The molecule has 1 atom stereocenters. The molecule has 2 aliphatic heterocycles. The molecule has 1 saturated heterocycles. The lowest BCUT2D eigenvalue weighted by Gasteiger charge is -2.42. The van der Waals surface area contributed by atoms with Crippen LogP contribution in [-0.2, 0) is 11.8 Å². The fourth-order valence-electron chi connectivity index (χ4n) is 4.28. The third-order valence-corrected chi connectivity index (χ3v) is 5.70. The van der Waals surface area contributed by atoms with Crippen LogP contribution in [0.1, 0.15) is 36.0 Å². The van der Waals surface area contributed by atoms with Crippen LogP contribution in [0.4, 0.5) is 4.79 Å². The Bertz CT molecular complexity index is 1140. The van der Waals surface area contributed by atoms with Crippen molar-refractivity contribution in [3.63, 3.8) is 0 Å². The lowest BCUT2D eigenvalue weighted by molar-refractivity contribution is 0.0124. The molecule has 0 bridgehead atoms. The molecule has 4 heterocycles. The second-order valence-corrected chi connectivity index (χ2v) is 9.37. The number of piperazine rings is 1. The number of hydrogen-bond donors (Lipinski definition) is 1. The van der Waals surface area contributed by atoms with Crippen molar-refractivity contribution >= 4 is 11.8 Å². The second-order valence-electron chi connectivity index (χ2n) is 9.37. The topological polar surface area (TPSA) is 78.8 Å². The van der Waals surface area contributed by atoms with Gasteiger partial charge in [0.15, 0.2) is 0 Å². The van der Waals surface area contributed by atoms with Gasteiger partial charge in [-0.1, -0.05) is 6.08 Å². The van der Waals surface area contributed by atoms with Crippen LogP contribution < -0.4 is 10.7 Å². The fourth-order valence-corrected chi connectivity index (χ4v) is 4.28. The van der Waals surface area contributed by atoms with Gasteiger partial charge in [0.05, 0.1) is 18.4 Å². The number of ether oxygens (including phenoxy) is 1. The van der Waals surface area contributed by atoms with E-state index in [-0.39, 0.29) is 13.6 Å². The molecule has 2 aromatic rings. The summed E-state index contributed by atoms with van der Waals surface area (Å²) in [6, 6.07) is 0.141. The van der Waals surface area contributed by atoms with Gasteiger partial charge >= 0.3 is 6.09 Å². The summed E-state index contributed by atoms with van der Waals surface area (Å²) < 4.78 is 7.40. The summed E-state index contributed by atoms with van der Waals surface area (Å²) in [7, 11) is 1.92. The molecule has 0 unspecified atom stereocenters. The Morgan fingerprint density at radius 1 is 1.32 bits per heavy atom. The summed E-state index contributed by atoms with van der Waals surface area (Å²) in [5.74, 6) is 0. The Balaban J connectivity index is 0.00000289. The number of aromatic amines is 1. The lowest BCUT2D eigenvalue weighted by atomic mass is 10.0. The number of carbonyl (C=O) groups is 1. The minimum absolute atomic E-state index is 0. The van der Waals surface area contributed by atoms with Gasteiger partial charge in [0.1, 0.15) is 11.1 Å². The normalized spacial score (nSPS) is 19.5. The van der Waals surface area contributed by atoms with Gasteiger partial charge in [0.2, 0.25) is 0 Å². The first-order chi connectivity index (χ1) is 14.6. The first-order valence-corrected chi connectivity index (χ1v) is 10.8. The molecule has 1 amide bonds. The van der Waals surface area contributed by atoms with E-state index < -0.39 is 5.60 Å². The maximum atomic E-state index is 12.6. The first-order valence-electron chi connectivity index (χ1n) is 10.8. The van der Waals surface area contributed by atoms with Crippen LogP contribution >= 0.6 is 0 Å². The third kappa shape index (κ3) is 4.24. The van der Waals surface area contributed by atoms with Crippen molar-refractivity contribution in [3.05, 3.63) is 40.9 Å². The van der Waals surface area contributed by atoms with Gasteiger partial charge in [-0.05, 0) is 40.2 Å². The van der Waals surface area contributed by atoms with Crippen molar-refractivity contribution in [3.8, 4) is 11.1 Å². The SMILES string of the molecule is CC1=CCN=c2[nH]cc(-c3cnn(C)c3)c2=C1N1CCN(C(=O)OC(C)(C)C)C[C@@H]1C.[HH]. The van der Waals surface area contributed by atoms with E-state index in [1.165, 1.54) is 11.3 Å². The first kappa shape index (κ1) is 21.2. The van der Waals surface area contributed by atoms with Gasteiger partial charge in [0, 0.05) is 62.9 Å². The number of rotatable bonds is 2. The van der Waals surface area contributed by atoms with E-state index in [0.717, 1.165) is 28.4 Å². The Labute approximate surface area is 184 Å². The summed E-state index contributed by atoms with van der Waals surface area (Å²) in [5, 5.41) is 5.46. The molecule has 1 N–H and O–H groups in total. The summed E-state index contributed by atoms with van der Waals surface area (Å²) in [6.45, 7) is 12.6. The average Bonchev–Trinajstić information content (AvgIpc) is 3.24. The molecule has 168 valence electrons. The molecule has 0 aromatic carbocycles. The number of nitrogens with zero attached hydrogens (tertiary/aromatic N) is 5. The van der Waals surface area contributed by atoms with E-state index in [1.54, 1.807) is 0 Å². The molecule has 0 aliphatic carbocycles. The second kappa shape index (κ2) is 7.90. The average molecular weight is 427 g/mol. The summed E-state index contributed by atoms with van der Waals surface area (Å²) in [4.78, 5) is 24.9. The molecular weight excluding hydrogens is 392 g/mol. The molecule has 1 fully saturated rings. The smallest absolute Gasteiger partial charge is 0.410 e. The molecular formula is C23H34N6O2. The molecule has 2 aromatic heterocycles. The van der Waals surface area contributed by atoms with Gasteiger partial charge in [-0.15, -0.1) is 0 Å². The van der Waals surface area contributed by atoms with E-state index in [0.29, 0.717) is 19.6 Å². The highest BCUT2D eigenvalue weighted by molar-refractivity contribution is 5.72. The van der Waals surface area contributed by atoms with Crippen LogP contribution in [0.2, 0.25) is 0 Å². The molecule has 0 radical (unpaired) electrons. The van der Waals surface area contributed by atoms with Crippen molar-refractivity contribution in [1.82, 2.24) is 24.6 Å². The number of aromatic nitrogens is 3. The van der Waals surface area contributed by atoms with Crippen molar-refractivity contribution in [2.75, 3.05) is 26.2 Å². The minimum atomic E-state index is -0.493. The standard InChI is InChI=1S/C23H32N6O2.H2/c1-15-7-8-24-21-19(18(12-25-21)17-11-26-27(6)14-17)20(15)29-10-9-28(13-16(29)2)22(30)31-23(3,4)5;/h7,11-12,14,16H,8-10,13H2,1-6H3,(H,24,25);1H/t16-;/m0./s1. The van der Waals surface area contributed by atoms with E-state index in [9.17, 15) is 4.79 Å². The zero-order valence-electron chi connectivity index (χ0n) is 19.3. The summed E-state index contributed by atoms with van der Waals surface area (Å²) in [5.41, 5.74) is 4.93. The lowest BCUT2D eigenvalue weighted by Crippen LogP contribution is -2.55. The fraction of sp³-hybridized carbons (Fsp3) is 0.522. The predicted octanol–water partition coefficient (Wildman–Crippen LogP) is 2.29. The van der Waals surface area contributed by atoms with Crippen molar-refractivity contribution in [2.24, 2.45) is 12.0 Å². The van der Waals surface area contributed by atoms with E-state index in [1.807, 2.05) is 56.0 Å². The predicted molar refractivity (Wildman–Crippen MR) is 122 cm³/mol. The molecule has 8 heteroatoms. The monoisotopic (exact) mass is 426 g/mol. The number of amides is 1. The molecule has 4 rings (SSSR count). The van der Waals surface area contributed by atoms with Crippen molar-refractivity contribution in [2.45, 2.75) is 46.3 Å². The Morgan fingerprint density at radius 3 is 2.74 bits per heavy atom. The van der Waals surface area contributed by atoms with Crippen LogP contribution in [0, 0.1) is 0 Å². The molecule has 31 heavy (non-hydrogen) atoms. The van der Waals surface area contributed by atoms with Crippen LogP contribution in [0.15, 0.2) is 35.2 Å². The molecule has 0 saturated carbocycles. The Morgan fingerprint density at radius 2 is 2.10 bits per heavy atom. The summed E-state index contributed by atoms with van der Waals surface area (Å²) in [6.07, 6.45) is 7.85. The van der Waals surface area contributed by atoms with Gasteiger partial charge in [-0.25, -0.2) is 4.79 Å².